The molecule has 2 saturated heterocycles. The van der Waals surface area contributed by atoms with Gasteiger partial charge in [0.15, 0.2) is 0 Å². The molecule has 2 nitrogen and oxygen atoms in total. The molecule has 2 aliphatic rings. The van der Waals surface area contributed by atoms with Crippen molar-refractivity contribution < 1.29 is 4.74 Å². The van der Waals surface area contributed by atoms with E-state index in [0.29, 0.717) is 11.6 Å². The van der Waals surface area contributed by atoms with E-state index in [2.05, 4.69) is 32.6 Å². The quantitative estimate of drug-likeness (QED) is 0.550. The van der Waals surface area contributed by atoms with Gasteiger partial charge in [-0.2, -0.15) is 0 Å². The van der Waals surface area contributed by atoms with Crippen LogP contribution in [0.25, 0.3) is 0 Å². The first kappa shape index (κ1) is 8.52. The SMILES string of the molecule is CC1(C)CCC2OCN1C2(C)C. The Bertz CT molecular complexity index is 198. The van der Waals surface area contributed by atoms with Crippen molar-refractivity contribution in [3.8, 4) is 0 Å². The average molecular weight is 169 g/mol. The van der Waals surface area contributed by atoms with Gasteiger partial charge in [-0.25, -0.2) is 0 Å². The van der Waals surface area contributed by atoms with Gasteiger partial charge in [-0.05, 0) is 40.5 Å². The fraction of sp³-hybridized carbons (Fsp3) is 1.00. The lowest BCUT2D eigenvalue weighted by atomic mass is 9.79. The van der Waals surface area contributed by atoms with E-state index in [1.54, 1.807) is 0 Å². The third kappa shape index (κ3) is 0.944. The van der Waals surface area contributed by atoms with E-state index in [0.717, 1.165) is 6.73 Å². The molecule has 2 heterocycles. The van der Waals surface area contributed by atoms with Crippen LogP contribution in [0.3, 0.4) is 0 Å². The molecule has 0 radical (unpaired) electrons. The third-order valence-electron chi connectivity index (χ3n) is 3.64. The van der Waals surface area contributed by atoms with E-state index < -0.39 is 0 Å². The van der Waals surface area contributed by atoms with Gasteiger partial charge in [0.2, 0.25) is 0 Å². The summed E-state index contributed by atoms with van der Waals surface area (Å²) in [5.74, 6) is 0. The maximum Gasteiger partial charge on any atom is 0.100 e. The van der Waals surface area contributed by atoms with Crippen molar-refractivity contribution in [2.75, 3.05) is 6.73 Å². The number of nitrogens with zero attached hydrogens (tertiary/aromatic N) is 1. The highest BCUT2D eigenvalue weighted by Gasteiger charge is 2.52. The molecule has 0 aromatic carbocycles. The van der Waals surface area contributed by atoms with E-state index in [1.807, 2.05) is 0 Å². The van der Waals surface area contributed by atoms with Gasteiger partial charge in [-0.1, -0.05) is 0 Å². The zero-order valence-corrected chi connectivity index (χ0v) is 8.55. The number of hydrogen-bond donors (Lipinski definition) is 0. The lowest BCUT2D eigenvalue weighted by molar-refractivity contribution is 0.00945. The molecule has 2 heteroatoms. The van der Waals surface area contributed by atoms with E-state index in [1.165, 1.54) is 12.8 Å². The second kappa shape index (κ2) is 2.24. The smallest absolute Gasteiger partial charge is 0.100 e. The minimum absolute atomic E-state index is 0.252. The zero-order chi connectivity index (χ0) is 8.98. The molecule has 0 aromatic heterocycles. The normalized spacial score (nSPS) is 43.0. The minimum atomic E-state index is 0.252. The van der Waals surface area contributed by atoms with Crippen LogP contribution in [0.4, 0.5) is 0 Å². The van der Waals surface area contributed by atoms with Gasteiger partial charge in [0.05, 0.1) is 6.10 Å². The van der Waals surface area contributed by atoms with Crippen molar-refractivity contribution in [3.05, 3.63) is 0 Å². The second-order valence-corrected chi connectivity index (χ2v) is 5.22. The summed E-state index contributed by atoms with van der Waals surface area (Å²) in [6, 6.07) is 0. The van der Waals surface area contributed by atoms with Crippen LogP contribution in [0.15, 0.2) is 0 Å². The van der Waals surface area contributed by atoms with Gasteiger partial charge in [0, 0.05) is 11.1 Å². The molecular weight excluding hydrogens is 150 g/mol. The van der Waals surface area contributed by atoms with Crippen molar-refractivity contribution in [2.45, 2.75) is 57.7 Å². The molecule has 2 fully saturated rings. The Morgan fingerprint density at radius 2 is 1.92 bits per heavy atom. The zero-order valence-electron chi connectivity index (χ0n) is 8.55. The van der Waals surface area contributed by atoms with Crippen LogP contribution in [0.2, 0.25) is 0 Å². The summed E-state index contributed by atoms with van der Waals surface area (Å²) < 4.78 is 5.75. The number of rotatable bonds is 0. The van der Waals surface area contributed by atoms with Gasteiger partial charge in [-0.15, -0.1) is 0 Å². The summed E-state index contributed by atoms with van der Waals surface area (Å²) in [7, 11) is 0. The van der Waals surface area contributed by atoms with Crippen LogP contribution < -0.4 is 0 Å². The fourth-order valence-electron chi connectivity index (χ4n) is 2.72. The van der Waals surface area contributed by atoms with E-state index in [-0.39, 0.29) is 5.54 Å². The molecule has 2 unspecified atom stereocenters. The predicted molar refractivity (Wildman–Crippen MR) is 49.0 cm³/mol. The molecule has 2 bridgehead atoms. The molecule has 2 rings (SSSR count). The van der Waals surface area contributed by atoms with Crippen molar-refractivity contribution in [1.29, 1.82) is 0 Å². The maximum absolute atomic E-state index is 5.75. The molecule has 0 saturated carbocycles. The average Bonchev–Trinajstić information content (AvgIpc) is 2.08. The topological polar surface area (TPSA) is 12.5 Å². The number of piperidine rings is 1. The first-order chi connectivity index (χ1) is 5.44. The Morgan fingerprint density at radius 3 is 2.50 bits per heavy atom. The minimum Gasteiger partial charge on any atom is -0.361 e. The maximum atomic E-state index is 5.75. The molecule has 0 amide bonds. The monoisotopic (exact) mass is 169 g/mol. The van der Waals surface area contributed by atoms with Crippen LogP contribution in [0.5, 0.6) is 0 Å². The number of fused-ring (bicyclic) bond motifs is 2. The number of hydrogen-bond acceptors (Lipinski definition) is 2. The van der Waals surface area contributed by atoms with E-state index in [9.17, 15) is 0 Å². The summed E-state index contributed by atoms with van der Waals surface area (Å²) in [5, 5.41) is 0. The van der Waals surface area contributed by atoms with Gasteiger partial charge in [0.1, 0.15) is 6.73 Å². The first-order valence-corrected chi connectivity index (χ1v) is 4.84. The van der Waals surface area contributed by atoms with Crippen LogP contribution in [-0.4, -0.2) is 28.8 Å². The molecule has 0 N–H and O–H groups in total. The Kier molecular flexibility index (Phi) is 1.59. The fourth-order valence-corrected chi connectivity index (χ4v) is 2.72. The predicted octanol–water partition coefficient (Wildman–Crippen LogP) is 2.00. The summed E-state index contributed by atoms with van der Waals surface area (Å²) in [4.78, 5) is 2.49. The van der Waals surface area contributed by atoms with Crippen LogP contribution in [-0.2, 0) is 4.74 Å². The van der Waals surface area contributed by atoms with Crippen molar-refractivity contribution in [3.63, 3.8) is 0 Å². The number of ether oxygens (including phenoxy) is 1. The highest BCUT2D eigenvalue weighted by molar-refractivity contribution is 5.04. The molecule has 0 aliphatic carbocycles. The molecule has 2 aliphatic heterocycles. The highest BCUT2D eigenvalue weighted by Crippen LogP contribution is 2.43. The van der Waals surface area contributed by atoms with Crippen LogP contribution >= 0.6 is 0 Å². The van der Waals surface area contributed by atoms with E-state index in [4.69, 9.17) is 4.74 Å². The van der Waals surface area contributed by atoms with Gasteiger partial charge >= 0.3 is 0 Å². The first-order valence-electron chi connectivity index (χ1n) is 4.84. The Balaban J connectivity index is 2.31. The largest absolute Gasteiger partial charge is 0.361 e. The van der Waals surface area contributed by atoms with Crippen LogP contribution in [0, 0.1) is 0 Å². The van der Waals surface area contributed by atoms with E-state index >= 15 is 0 Å². The van der Waals surface area contributed by atoms with Crippen LogP contribution in [0.1, 0.15) is 40.5 Å². The lowest BCUT2D eigenvalue weighted by Gasteiger charge is -2.48. The van der Waals surface area contributed by atoms with Gasteiger partial charge < -0.3 is 4.74 Å². The molecule has 70 valence electrons. The summed E-state index contributed by atoms with van der Waals surface area (Å²) in [6.07, 6.45) is 2.95. The third-order valence-corrected chi connectivity index (χ3v) is 3.64. The van der Waals surface area contributed by atoms with Gasteiger partial charge in [0.25, 0.3) is 0 Å². The molecule has 2 atom stereocenters. The Hall–Kier alpha value is -0.0800. The summed E-state index contributed by atoms with van der Waals surface area (Å²) >= 11 is 0. The van der Waals surface area contributed by atoms with Crippen molar-refractivity contribution in [1.82, 2.24) is 4.90 Å². The molecule has 12 heavy (non-hydrogen) atoms. The standard InChI is InChI=1S/C10H19NO/c1-9(2)6-5-8-10(3,4)11(9)7-12-8/h8H,5-7H2,1-4H3. The molecule has 0 spiro atoms. The Morgan fingerprint density at radius 1 is 1.25 bits per heavy atom. The lowest BCUT2D eigenvalue weighted by Crippen LogP contribution is -2.58. The van der Waals surface area contributed by atoms with Crippen molar-refractivity contribution >= 4 is 0 Å². The second-order valence-electron chi connectivity index (χ2n) is 5.22. The summed E-state index contributed by atoms with van der Waals surface area (Å²) in [6.45, 7) is 10.1. The highest BCUT2D eigenvalue weighted by atomic mass is 16.5. The molecule has 0 aromatic rings. The summed E-state index contributed by atoms with van der Waals surface area (Å²) in [5.41, 5.74) is 0.582. The van der Waals surface area contributed by atoms with Gasteiger partial charge in [-0.3, -0.25) is 4.90 Å². The van der Waals surface area contributed by atoms with Crippen molar-refractivity contribution in [2.24, 2.45) is 0 Å². The Labute approximate surface area is 74.9 Å². The molecular formula is C10H19NO.